The molecule has 0 amide bonds. The Morgan fingerprint density at radius 3 is 2.76 bits per heavy atom. The van der Waals surface area contributed by atoms with Crippen LogP contribution in [0.2, 0.25) is 0 Å². The highest BCUT2D eigenvalue weighted by atomic mass is 16.5. The lowest BCUT2D eigenvalue weighted by molar-refractivity contribution is 0.401. The van der Waals surface area contributed by atoms with Crippen molar-refractivity contribution in [1.82, 2.24) is 5.32 Å². The number of hydrogen-bond donors (Lipinski definition) is 2. The monoisotopic (exact) mass is 236 g/mol. The number of nitrogens with two attached hydrogens (primary N) is 1. The largest absolute Gasteiger partial charge is 0.496 e. The lowest BCUT2D eigenvalue weighted by Gasteiger charge is -2.17. The van der Waals surface area contributed by atoms with Crippen molar-refractivity contribution in [3.05, 3.63) is 29.3 Å². The van der Waals surface area contributed by atoms with E-state index in [0.29, 0.717) is 6.04 Å². The summed E-state index contributed by atoms with van der Waals surface area (Å²) in [5.41, 5.74) is 7.91. The number of aryl methyl sites for hydroxylation is 1. The third-order valence-electron chi connectivity index (χ3n) is 2.94. The Kier molecular flexibility index (Phi) is 6.01. The van der Waals surface area contributed by atoms with Crippen molar-refractivity contribution in [3.8, 4) is 5.75 Å². The van der Waals surface area contributed by atoms with E-state index in [0.717, 1.165) is 31.7 Å². The van der Waals surface area contributed by atoms with Crippen molar-refractivity contribution >= 4 is 0 Å². The molecule has 0 heterocycles. The molecule has 0 aliphatic rings. The van der Waals surface area contributed by atoms with Crippen molar-refractivity contribution in [2.24, 2.45) is 5.73 Å². The first kappa shape index (κ1) is 14.0. The molecule has 0 aliphatic carbocycles. The standard InChI is InChI=1S/C14H24N2O/c1-11-6-7-13(14(10-11)17-3)12(2)16-9-5-4-8-15/h6-7,10,12,16H,4-5,8-9,15H2,1-3H3. The van der Waals surface area contributed by atoms with Gasteiger partial charge in [0.25, 0.3) is 0 Å². The molecule has 3 N–H and O–H groups in total. The average Bonchev–Trinajstić information content (AvgIpc) is 2.34. The molecule has 3 heteroatoms. The predicted octanol–water partition coefficient (Wildman–Crippen LogP) is 2.39. The first-order valence-electron chi connectivity index (χ1n) is 6.27. The highest BCUT2D eigenvalue weighted by Gasteiger charge is 2.10. The Hall–Kier alpha value is -1.06. The van der Waals surface area contributed by atoms with Crippen LogP contribution in [0.15, 0.2) is 18.2 Å². The summed E-state index contributed by atoms with van der Waals surface area (Å²) in [7, 11) is 1.72. The van der Waals surface area contributed by atoms with Crippen LogP contribution < -0.4 is 15.8 Å². The van der Waals surface area contributed by atoms with Gasteiger partial charge < -0.3 is 15.8 Å². The van der Waals surface area contributed by atoms with Crippen molar-refractivity contribution in [1.29, 1.82) is 0 Å². The van der Waals surface area contributed by atoms with E-state index in [2.05, 4.69) is 37.4 Å². The van der Waals surface area contributed by atoms with Crippen LogP contribution in [0.1, 0.15) is 36.9 Å². The molecule has 0 saturated heterocycles. The summed E-state index contributed by atoms with van der Waals surface area (Å²) >= 11 is 0. The fourth-order valence-electron chi connectivity index (χ4n) is 1.87. The van der Waals surface area contributed by atoms with Crippen LogP contribution in [-0.2, 0) is 0 Å². The number of rotatable bonds is 7. The summed E-state index contributed by atoms with van der Waals surface area (Å²) in [6.45, 7) is 6.00. The van der Waals surface area contributed by atoms with Gasteiger partial charge in [-0.2, -0.15) is 0 Å². The first-order valence-corrected chi connectivity index (χ1v) is 6.27. The molecule has 1 aromatic rings. The lowest BCUT2D eigenvalue weighted by Crippen LogP contribution is -2.21. The number of ether oxygens (including phenoxy) is 1. The molecule has 0 radical (unpaired) electrons. The van der Waals surface area contributed by atoms with Crippen molar-refractivity contribution < 1.29 is 4.74 Å². The van der Waals surface area contributed by atoms with Crippen LogP contribution in [0.4, 0.5) is 0 Å². The van der Waals surface area contributed by atoms with Gasteiger partial charge in [-0.15, -0.1) is 0 Å². The number of benzene rings is 1. The van der Waals surface area contributed by atoms with E-state index >= 15 is 0 Å². The second-order valence-corrected chi connectivity index (χ2v) is 4.42. The molecule has 1 unspecified atom stereocenters. The quantitative estimate of drug-likeness (QED) is 0.715. The Bertz CT molecular complexity index is 339. The van der Waals surface area contributed by atoms with Gasteiger partial charge in [-0.3, -0.25) is 0 Å². The lowest BCUT2D eigenvalue weighted by atomic mass is 10.0. The van der Waals surface area contributed by atoms with Crippen LogP contribution in [0, 0.1) is 6.92 Å². The van der Waals surface area contributed by atoms with Crippen LogP contribution in [0.25, 0.3) is 0 Å². The van der Waals surface area contributed by atoms with Gasteiger partial charge in [0.1, 0.15) is 5.75 Å². The van der Waals surface area contributed by atoms with Gasteiger partial charge in [-0.1, -0.05) is 12.1 Å². The summed E-state index contributed by atoms with van der Waals surface area (Å²) in [5, 5.41) is 3.49. The smallest absolute Gasteiger partial charge is 0.123 e. The van der Waals surface area contributed by atoms with E-state index in [1.54, 1.807) is 7.11 Å². The van der Waals surface area contributed by atoms with Crippen LogP contribution in [-0.4, -0.2) is 20.2 Å². The van der Waals surface area contributed by atoms with E-state index in [-0.39, 0.29) is 0 Å². The minimum Gasteiger partial charge on any atom is -0.496 e. The molecule has 0 spiro atoms. The molecule has 0 bridgehead atoms. The maximum atomic E-state index is 5.47. The summed E-state index contributed by atoms with van der Waals surface area (Å²) in [4.78, 5) is 0. The van der Waals surface area contributed by atoms with Crippen molar-refractivity contribution in [2.45, 2.75) is 32.7 Å². The summed E-state index contributed by atoms with van der Waals surface area (Å²) in [5.74, 6) is 0.962. The van der Waals surface area contributed by atoms with Crippen LogP contribution in [0.5, 0.6) is 5.75 Å². The maximum Gasteiger partial charge on any atom is 0.123 e. The summed E-state index contributed by atoms with van der Waals surface area (Å²) < 4.78 is 5.41. The maximum absolute atomic E-state index is 5.47. The summed E-state index contributed by atoms with van der Waals surface area (Å²) in [6, 6.07) is 6.64. The van der Waals surface area contributed by atoms with E-state index in [1.807, 2.05) is 0 Å². The van der Waals surface area contributed by atoms with Gasteiger partial charge in [0.15, 0.2) is 0 Å². The second-order valence-electron chi connectivity index (χ2n) is 4.42. The second kappa shape index (κ2) is 7.30. The SMILES string of the molecule is COc1cc(C)ccc1C(C)NCCCCN. The zero-order valence-corrected chi connectivity index (χ0v) is 11.1. The minimum absolute atomic E-state index is 0.309. The van der Waals surface area contributed by atoms with Gasteiger partial charge in [-0.05, 0) is 51.4 Å². The van der Waals surface area contributed by atoms with Crippen molar-refractivity contribution in [3.63, 3.8) is 0 Å². The molecule has 1 atom stereocenters. The molecule has 0 saturated carbocycles. The highest BCUT2D eigenvalue weighted by molar-refractivity contribution is 5.38. The van der Waals surface area contributed by atoms with Gasteiger partial charge in [0.05, 0.1) is 7.11 Å². The Labute approximate surface area is 104 Å². The fraction of sp³-hybridized carbons (Fsp3) is 0.571. The molecule has 17 heavy (non-hydrogen) atoms. The minimum atomic E-state index is 0.309. The Balaban J connectivity index is 2.58. The van der Waals surface area contributed by atoms with Gasteiger partial charge in [-0.25, -0.2) is 0 Å². The van der Waals surface area contributed by atoms with Gasteiger partial charge in [0, 0.05) is 11.6 Å². The predicted molar refractivity (Wildman–Crippen MR) is 72.4 cm³/mol. The zero-order chi connectivity index (χ0) is 12.7. The number of methoxy groups -OCH3 is 1. The first-order chi connectivity index (χ1) is 8.19. The normalized spacial score (nSPS) is 12.5. The Morgan fingerprint density at radius 2 is 2.12 bits per heavy atom. The zero-order valence-electron chi connectivity index (χ0n) is 11.1. The molecule has 1 rings (SSSR count). The fourth-order valence-corrected chi connectivity index (χ4v) is 1.87. The topological polar surface area (TPSA) is 47.3 Å². The molecule has 0 aromatic heterocycles. The third kappa shape index (κ3) is 4.36. The molecule has 0 fully saturated rings. The van der Waals surface area contributed by atoms with Crippen LogP contribution >= 0.6 is 0 Å². The van der Waals surface area contributed by atoms with Gasteiger partial charge >= 0.3 is 0 Å². The van der Waals surface area contributed by atoms with E-state index < -0.39 is 0 Å². The van der Waals surface area contributed by atoms with Crippen molar-refractivity contribution in [2.75, 3.05) is 20.2 Å². The molecular formula is C14H24N2O. The number of unbranched alkanes of at least 4 members (excludes halogenated alkanes) is 1. The number of nitrogens with one attached hydrogen (secondary N) is 1. The Morgan fingerprint density at radius 1 is 1.35 bits per heavy atom. The molecular weight excluding hydrogens is 212 g/mol. The van der Waals surface area contributed by atoms with Gasteiger partial charge in [0.2, 0.25) is 0 Å². The summed E-state index contributed by atoms with van der Waals surface area (Å²) in [6.07, 6.45) is 2.19. The molecule has 1 aromatic carbocycles. The molecule has 0 aliphatic heterocycles. The highest BCUT2D eigenvalue weighted by Crippen LogP contribution is 2.25. The molecule has 96 valence electrons. The van der Waals surface area contributed by atoms with Crippen LogP contribution in [0.3, 0.4) is 0 Å². The van der Waals surface area contributed by atoms with E-state index in [1.165, 1.54) is 11.1 Å². The third-order valence-corrected chi connectivity index (χ3v) is 2.94. The van der Waals surface area contributed by atoms with E-state index in [4.69, 9.17) is 10.5 Å². The van der Waals surface area contributed by atoms with E-state index in [9.17, 15) is 0 Å². The number of hydrogen-bond acceptors (Lipinski definition) is 3. The molecule has 3 nitrogen and oxygen atoms in total. The average molecular weight is 236 g/mol.